The third kappa shape index (κ3) is 4.75. The molecule has 112 valence electrons. The fourth-order valence-corrected chi connectivity index (χ4v) is 1.93. The highest BCUT2D eigenvalue weighted by Crippen LogP contribution is 2.24. The molecular formula is C14H17ClN4O2. The van der Waals surface area contributed by atoms with Crippen LogP contribution in [0.1, 0.15) is 19.2 Å². The normalized spacial score (nSPS) is 11.9. The van der Waals surface area contributed by atoms with Crippen LogP contribution in [0.4, 0.5) is 0 Å². The first kappa shape index (κ1) is 15.3. The Hall–Kier alpha value is -2.08. The zero-order valence-electron chi connectivity index (χ0n) is 11.7. The molecule has 2 aromatic rings. The molecule has 0 saturated carbocycles. The molecule has 1 aromatic heterocycles. The number of benzene rings is 1. The number of H-pyrrole nitrogens is 1. The number of para-hydroxylation sites is 1. The summed E-state index contributed by atoms with van der Waals surface area (Å²) in [5.41, 5.74) is 0. The first-order chi connectivity index (χ1) is 10.2. The Morgan fingerprint density at radius 2 is 2.29 bits per heavy atom. The van der Waals surface area contributed by atoms with E-state index in [4.69, 9.17) is 16.3 Å². The zero-order chi connectivity index (χ0) is 15.1. The van der Waals surface area contributed by atoms with E-state index in [1.807, 2.05) is 12.1 Å². The van der Waals surface area contributed by atoms with Crippen molar-refractivity contribution >= 4 is 17.5 Å². The first-order valence-electron chi connectivity index (χ1n) is 6.70. The fourth-order valence-electron chi connectivity index (χ4n) is 1.75. The van der Waals surface area contributed by atoms with E-state index in [-0.39, 0.29) is 5.91 Å². The molecule has 1 aromatic carbocycles. The number of hydrogen-bond acceptors (Lipinski definition) is 4. The van der Waals surface area contributed by atoms with E-state index >= 15 is 0 Å². The van der Waals surface area contributed by atoms with Gasteiger partial charge < -0.3 is 10.1 Å². The van der Waals surface area contributed by atoms with Crippen molar-refractivity contribution in [3.8, 4) is 5.75 Å². The van der Waals surface area contributed by atoms with Crippen molar-refractivity contribution < 1.29 is 9.53 Å². The molecule has 0 fully saturated rings. The van der Waals surface area contributed by atoms with Crippen LogP contribution in [0.3, 0.4) is 0 Å². The van der Waals surface area contributed by atoms with Gasteiger partial charge in [0.15, 0.2) is 6.10 Å². The molecule has 1 unspecified atom stereocenters. The highest BCUT2D eigenvalue weighted by molar-refractivity contribution is 6.32. The lowest BCUT2D eigenvalue weighted by molar-refractivity contribution is -0.127. The number of rotatable bonds is 7. The Morgan fingerprint density at radius 1 is 1.48 bits per heavy atom. The van der Waals surface area contributed by atoms with E-state index in [1.54, 1.807) is 19.1 Å². The van der Waals surface area contributed by atoms with Crippen LogP contribution in [-0.2, 0) is 11.2 Å². The molecule has 2 rings (SSSR count). The first-order valence-corrected chi connectivity index (χ1v) is 7.07. The number of aryl methyl sites for hydroxylation is 1. The van der Waals surface area contributed by atoms with Gasteiger partial charge in [0.2, 0.25) is 0 Å². The van der Waals surface area contributed by atoms with Crippen molar-refractivity contribution in [2.75, 3.05) is 6.54 Å². The van der Waals surface area contributed by atoms with Gasteiger partial charge in [-0.2, -0.15) is 5.10 Å². The van der Waals surface area contributed by atoms with E-state index in [1.165, 1.54) is 6.33 Å². The Balaban J connectivity index is 1.71. The monoisotopic (exact) mass is 308 g/mol. The zero-order valence-corrected chi connectivity index (χ0v) is 12.4. The lowest BCUT2D eigenvalue weighted by Crippen LogP contribution is -2.37. The molecule has 0 aliphatic rings. The number of halogens is 1. The maximum absolute atomic E-state index is 11.9. The second-order valence-electron chi connectivity index (χ2n) is 4.52. The van der Waals surface area contributed by atoms with E-state index in [0.29, 0.717) is 17.3 Å². The van der Waals surface area contributed by atoms with Crippen molar-refractivity contribution in [3.63, 3.8) is 0 Å². The highest BCUT2D eigenvalue weighted by atomic mass is 35.5. The quantitative estimate of drug-likeness (QED) is 0.766. The van der Waals surface area contributed by atoms with Crippen LogP contribution < -0.4 is 10.1 Å². The summed E-state index contributed by atoms with van der Waals surface area (Å²) in [4.78, 5) is 15.9. The summed E-state index contributed by atoms with van der Waals surface area (Å²) in [7, 11) is 0. The van der Waals surface area contributed by atoms with E-state index in [9.17, 15) is 4.79 Å². The summed E-state index contributed by atoms with van der Waals surface area (Å²) in [6.07, 6.45) is 2.38. The SMILES string of the molecule is CC(Oc1ccccc1Cl)C(=O)NCCCc1ncn[nH]1. The van der Waals surface area contributed by atoms with Crippen LogP contribution in [0.25, 0.3) is 0 Å². The predicted octanol–water partition coefficient (Wildman–Crippen LogP) is 1.97. The third-order valence-electron chi connectivity index (χ3n) is 2.86. The van der Waals surface area contributed by atoms with E-state index in [2.05, 4.69) is 20.5 Å². The van der Waals surface area contributed by atoms with Crippen LogP contribution in [0.5, 0.6) is 5.75 Å². The summed E-state index contributed by atoms with van der Waals surface area (Å²) in [6, 6.07) is 7.07. The number of amides is 1. The average molecular weight is 309 g/mol. The summed E-state index contributed by atoms with van der Waals surface area (Å²) in [6.45, 7) is 2.24. The molecule has 1 amide bonds. The standard InChI is InChI=1S/C14H17ClN4O2/c1-10(21-12-6-3-2-5-11(12)15)14(20)16-8-4-7-13-17-9-18-19-13/h2-3,5-6,9-10H,4,7-8H2,1H3,(H,16,20)(H,17,18,19). The lowest BCUT2D eigenvalue weighted by Gasteiger charge is -2.15. The molecule has 6 nitrogen and oxygen atoms in total. The smallest absolute Gasteiger partial charge is 0.260 e. The minimum atomic E-state index is -0.602. The third-order valence-corrected chi connectivity index (χ3v) is 3.18. The van der Waals surface area contributed by atoms with Crippen LogP contribution in [-0.4, -0.2) is 33.7 Å². The molecule has 0 spiro atoms. The molecule has 0 aliphatic carbocycles. The van der Waals surface area contributed by atoms with Crippen LogP contribution in [0, 0.1) is 0 Å². The molecule has 21 heavy (non-hydrogen) atoms. The number of nitrogens with one attached hydrogen (secondary N) is 2. The Kier molecular flexibility index (Phi) is 5.57. The highest BCUT2D eigenvalue weighted by Gasteiger charge is 2.15. The lowest BCUT2D eigenvalue weighted by atomic mass is 10.3. The van der Waals surface area contributed by atoms with Gasteiger partial charge in [-0.3, -0.25) is 9.89 Å². The number of aromatic nitrogens is 3. The molecule has 7 heteroatoms. The van der Waals surface area contributed by atoms with E-state index in [0.717, 1.165) is 18.7 Å². The number of hydrogen-bond donors (Lipinski definition) is 2. The van der Waals surface area contributed by atoms with Gasteiger partial charge in [0, 0.05) is 13.0 Å². The number of ether oxygens (including phenoxy) is 1. The second-order valence-corrected chi connectivity index (χ2v) is 4.92. The van der Waals surface area contributed by atoms with Crippen LogP contribution in [0.15, 0.2) is 30.6 Å². The summed E-state index contributed by atoms with van der Waals surface area (Å²) < 4.78 is 5.54. The summed E-state index contributed by atoms with van der Waals surface area (Å²) in [5, 5.41) is 9.84. The molecule has 2 N–H and O–H groups in total. The van der Waals surface area contributed by atoms with Gasteiger partial charge in [0.05, 0.1) is 5.02 Å². The Morgan fingerprint density at radius 3 is 3.00 bits per heavy atom. The Labute approximate surface area is 127 Å². The maximum Gasteiger partial charge on any atom is 0.260 e. The number of carbonyl (C=O) groups excluding carboxylic acids is 1. The molecule has 1 heterocycles. The summed E-state index contributed by atoms with van der Waals surface area (Å²) in [5.74, 6) is 1.14. The number of nitrogens with zero attached hydrogens (tertiary/aromatic N) is 2. The molecule has 1 atom stereocenters. The van der Waals surface area contributed by atoms with Crippen LogP contribution in [0.2, 0.25) is 5.02 Å². The molecule has 0 bridgehead atoms. The van der Waals surface area contributed by atoms with Crippen molar-refractivity contribution in [2.24, 2.45) is 0 Å². The molecule has 0 saturated heterocycles. The van der Waals surface area contributed by atoms with Crippen molar-refractivity contribution in [3.05, 3.63) is 41.4 Å². The minimum Gasteiger partial charge on any atom is -0.479 e. The Bertz CT molecular complexity index is 574. The van der Waals surface area contributed by atoms with Crippen molar-refractivity contribution in [2.45, 2.75) is 25.9 Å². The fraction of sp³-hybridized carbons (Fsp3) is 0.357. The van der Waals surface area contributed by atoms with Crippen LogP contribution >= 0.6 is 11.6 Å². The van der Waals surface area contributed by atoms with Crippen molar-refractivity contribution in [1.82, 2.24) is 20.5 Å². The van der Waals surface area contributed by atoms with Gasteiger partial charge in [-0.15, -0.1) is 0 Å². The van der Waals surface area contributed by atoms with Gasteiger partial charge in [0.1, 0.15) is 17.9 Å². The molecule has 0 aliphatic heterocycles. The van der Waals surface area contributed by atoms with Crippen molar-refractivity contribution in [1.29, 1.82) is 0 Å². The van der Waals surface area contributed by atoms with E-state index < -0.39 is 6.10 Å². The largest absolute Gasteiger partial charge is 0.479 e. The van der Waals surface area contributed by atoms with Gasteiger partial charge in [0.25, 0.3) is 5.91 Å². The van der Waals surface area contributed by atoms with Gasteiger partial charge >= 0.3 is 0 Å². The minimum absolute atomic E-state index is 0.174. The average Bonchev–Trinajstić information content (AvgIpc) is 2.99. The number of aromatic amines is 1. The maximum atomic E-state index is 11.9. The summed E-state index contributed by atoms with van der Waals surface area (Å²) >= 11 is 5.98. The molecular weight excluding hydrogens is 292 g/mol. The topological polar surface area (TPSA) is 79.9 Å². The molecule has 0 radical (unpaired) electrons. The van der Waals surface area contributed by atoms with Gasteiger partial charge in [-0.1, -0.05) is 23.7 Å². The second kappa shape index (κ2) is 7.64. The van der Waals surface area contributed by atoms with Gasteiger partial charge in [-0.05, 0) is 25.5 Å². The number of carbonyl (C=O) groups is 1. The predicted molar refractivity (Wildman–Crippen MR) is 79.3 cm³/mol. The van der Waals surface area contributed by atoms with Gasteiger partial charge in [-0.25, -0.2) is 4.98 Å².